The number of oxazole rings is 1. The number of fused-ring (bicyclic) bond motifs is 1. The Bertz CT molecular complexity index is 696. The molecule has 0 aliphatic heterocycles. The summed E-state index contributed by atoms with van der Waals surface area (Å²) < 4.78 is 5.51. The standard InChI is InChI=1S/C16H15N3O/c1-2-12-7-9-13(10-8-12)11-17-19-16-18-14-5-3-4-6-15(14)20-16/h3-11H,2H2,1H3,(H,18,19)/b17-11-. The van der Waals surface area contributed by atoms with Crippen molar-refractivity contribution >= 4 is 23.3 Å². The Labute approximate surface area is 117 Å². The van der Waals surface area contributed by atoms with Gasteiger partial charge >= 0.3 is 6.01 Å². The van der Waals surface area contributed by atoms with Crippen LogP contribution in [0.15, 0.2) is 58.0 Å². The number of para-hydroxylation sites is 2. The Morgan fingerprint density at radius 3 is 2.70 bits per heavy atom. The van der Waals surface area contributed by atoms with Crippen molar-refractivity contribution in [3.8, 4) is 0 Å². The molecule has 20 heavy (non-hydrogen) atoms. The second kappa shape index (κ2) is 5.57. The average Bonchev–Trinajstić information content (AvgIpc) is 2.90. The maximum Gasteiger partial charge on any atom is 0.316 e. The maximum atomic E-state index is 5.51. The molecule has 4 nitrogen and oxygen atoms in total. The predicted molar refractivity (Wildman–Crippen MR) is 81.0 cm³/mol. The summed E-state index contributed by atoms with van der Waals surface area (Å²) in [6.07, 6.45) is 2.78. The summed E-state index contributed by atoms with van der Waals surface area (Å²) in [5, 5.41) is 4.13. The molecular weight excluding hydrogens is 250 g/mol. The first-order valence-electron chi connectivity index (χ1n) is 6.59. The number of nitrogens with zero attached hydrogens (tertiary/aromatic N) is 2. The van der Waals surface area contributed by atoms with Crippen LogP contribution in [0.5, 0.6) is 0 Å². The molecule has 1 N–H and O–H groups in total. The lowest BCUT2D eigenvalue weighted by Gasteiger charge is -1.97. The maximum absolute atomic E-state index is 5.51. The summed E-state index contributed by atoms with van der Waals surface area (Å²) in [6.45, 7) is 2.14. The topological polar surface area (TPSA) is 50.4 Å². The van der Waals surface area contributed by atoms with Crippen LogP contribution >= 0.6 is 0 Å². The minimum absolute atomic E-state index is 0.396. The van der Waals surface area contributed by atoms with Crippen molar-refractivity contribution in [3.63, 3.8) is 0 Å². The van der Waals surface area contributed by atoms with Gasteiger partial charge < -0.3 is 4.42 Å². The van der Waals surface area contributed by atoms with Gasteiger partial charge in [0, 0.05) is 0 Å². The zero-order chi connectivity index (χ0) is 13.8. The lowest BCUT2D eigenvalue weighted by Crippen LogP contribution is -1.90. The van der Waals surface area contributed by atoms with E-state index in [-0.39, 0.29) is 0 Å². The van der Waals surface area contributed by atoms with Gasteiger partial charge in [-0.3, -0.25) is 0 Å². The van der Waals surface area contributed by atoms with Crippen LogP contribution in [-0.2, 0) is 6.42 Å². The average molecular weight is 265 g/mol. The van der Waals surface area contributed by atoms with E-state index in [4.69, 9.17) is 4.42 Å². The van der Waals surface area contributed by atoms with Gasteiger partial charge in [-0.15, -0.1) is 0 Å². The normalized spacial score (nSPS) is 11.2. The molecule has 2 aromatic carbocycles. The highest BCUT2D eigenvalue weighted by molar-refractivity contribution is 5.80. The quantitative estimate of drug-likeness (QED) is 0.576. The van der Waals surface area contributed by atoms with Gasteiger partial charge in [-0.25, -0.2) is 5.43 Å². The fourth-order valence-electron chi connectivity index (χ4n) is 1.92. The number of benzene rings is 2. The first-order chi connectivity index (χ1) is 9.85. The molecule has 0 spiro atoms. The van der Waals surface area contributed by atoms with Gasteiger partial charge in [-0.1, -0.05) is 43.3 Å². The molecule has 3 aromatic rings. The van der Waals surface area contributed by atoms with Crippen molar-refractivity contribution in [2.45, 2.75) is 13.3 Å². The molecule has 0 aliphatic carbocycles. The molecule has 0 atom stereocenters. The number of anilines is 1. The highest BCUT2D eigenvalue weighted by atomic mass is 16.4. The van der Waals surface area contributed by atoms with Crippen LogP contribution in [-0.4, -0.2) is 11.2 Å². The Hall–Kier alpha value is -2.62. The molecule has 1 aromatic heterocycles. The van der Waals surface area contributed by atoms with Crippen molar-refractivity contribution in [2.75, 3.05) is 5.43 Å². The van der Waals surface area contributed by atoms with Crippen LogP contribution in [0.2, 0.25) is 0 Å². The third-order valence-electron chi connectivity index (χ3n) is 3.06. The lowest BCUT2D eigenvalue weighted by molar-refractivity contribution is 0.617. The van der Waals surface area contributed by atoms with Gasteiger partial charge in [0.05, 0.1) is 6.21 Å². The number of hydrogen-bond acceptors (Lipinski definition) is 4. The number of hydrogen-bond donors (Lipinski definition) is 1. The summed E-state index contributed by atoms with van der Waals surface area (Å²) in [4.78, 5) is 4.28. The number of aryl methyl sites for hydroxylation is 1. The Balaban J connectivity index is 1.69. The van der Waals surface area contributed by atoms with E-state index in [1.165, 1.54) is 5.56 Å². The van der Waals surface area contributed by atoms with Crippen molar-refractivity contribution in [2.24, 2.45) is 5.10 Å². The molecule has 100 valence electrons. The zero-order valence-corrected chi connectivity index (χ0v) is 11.2. The highest BCUT2D eigenvalue weighted by Gasteiger charge is 2.02. The van der Waals surface area contributed by atoms with E-state index >= 15 is 0 Å². The van der Waals surface area contributed by atoms with E-state index in [0.717, 1.165) is 23.1 Å². The van der Waals surface area contributed by atoms with Gasteiger partial charge in [0.15, 0.2) is 5.58 Å². The smallest absolute Gasteiger partial charge is 0.316 e. The van der Waals surface area contributed by atoms with E-state index in [0.29, 0.717) is 6.01 Å². The van der Waals surface area contributed by atoms with E-state index in [9.17, 15) is 0 Å². The monoisotopic (exact) mass is 265 g/mol. The summed E-state index contributed by atoms with van der Waals surface area (Å²) in [5.41, 5.74) is 6.71. The fourth-order valence-corrected chi connectivity index (χ4v) is 1.92. The van der Waals surface area contributed by atoms with Crippen molar-refractivity contribution in [1.82, 2.24) is 4.98 Å². The van der Waals surface area contributed by atoms with E-state index in [1.807, 2.05) is 36.4 Å². The summed E-state index contributed by atoms with van der Waals surface area (Å²) in [5.74, 6) is 0. The number of hydrazone groups is 1. The molecule has 0 bridgehead atoms. The third-order valence-corrected chi connectivity index (χ3v) is 3.06. The Kier molecular flexibility index (Phi) is 3.46. The van der Waals surface area contributed by atoms with Crippen LogP contribution in [0.1, 0.15) is 18.1 Å². The van der Waals surface area contributed by atoms with Crippen LogP contribution in [0.3, 0.4) is 0 Å². The minimum atomic E-state index is 0.396. The summed E-state index contributed by atoms with van der Waals surface area (Å²) in [6, 6.07) is 16.3. The second-order valence-corrected chi connectivity index (χ2v) is 4.45. The molecule has 0 radical (unpaired) electrons. The van der Waals surface area contributed by atoms with Crippen molar-refractivity contribution in [3.05, 3.63) is 59.7 Å². The summed E-state index contributed by atoms with van der Waals surface area (Å²) >= 11 is 0. The third kappa shape index (κ3) is 2.69. The SMILES string of the molecule is CCc1ccc(/C=N\Nc2nc3ccccc3o2)cc1. The van der Waals surface area contributed by atoms with Gasteiger partial charge in [0.25, 0.3) is 0 Å². The first kappa shape index (κ1) is 12.4. The highest BCUT2D eigenvalue weighted by Crippen LogP contribution is 2.17. The Morgan fingerprint density at radius 1 is 1.15 bits per heavy atom. The molecule has 3 rings (SSSR count). The van der Waals surface area contributed by atoms with E-state index in [1.54, 1.807) is 6.21 Å². The largest absolute Gasteiger partial charge is 0.422 e. The molecular formula is C16H15N3O. The van der Waals surface area contributed by atoms with Gasteiger partial charge in [-0.2, -0.15) is 10.1 Å². The second-order valence-electron chi connectivity index (χ2n) is 4.45. The molecule has 0 fully saturated rings. The van der Waals surface area contributed by atoms with E-state index in [2.05, 4.69) is 34.6 Å². The molecule has 4 heteroatoms. The van der Waals surface area contributed by atoms with Crippen molar-refractivity contribution in [1.29, 1.82) is 0 Å². The number of nitrogens with one attached hydrogen (secondary N) is 1. The molecule has 0 saturated carbocycles. The predicted octanol–water partition coefficient (Wildman–Crippen LogP) is 3.84. The number of aromatic nitrogens is 1. The van der Waals surface area contributed by atoms with Gasteiger partial charge in [0.1, 0.15) is 5.52 Å². The van der Waals surface area contributed by atoms with Gasteiger partial charge in [-0.05, 0) is 29.7 Å². The molecule has 0 amide bonds. The van der Waals surface area contributed by atoms with E-state index < -0.39 is 0 Å². The lowest BCUT2D eigenvalue weighted by atomic mass is 10.1. The molecule has 0 aliphatic rings. The fraction of sp³-hybridized carbons (Fsp3) is 0.125. The van der Waals surface area contributed by atoms with Crippen LogP contribution in [0.4, 0.5) is 6.01 Å². The minimum Gasteiger partial charge on any atom is -0.422 e. The molecule has 0 unspecified atom stereocenters. The Morgan fingerprint density at radius 2 is 1.95 bits per heavy atom. The van der Waals surface area contributed by atoms with Crippen LogP contribution in [0, 0.1) is 0 Å². The first-order valence-corrected chi connectivity index (χ1v) is 6.59. The molecule has 1 heterocycles. The van der Waals surface area contributed by atoms with Gasteiger partial charge in [0.2, 0.25) is 0 Å². The summed E-state index contributed by atoms with van der Waals surface area (Å²) in [7, 11) is 0. The van der Waals surface area contributed by atoms with Crippen LogP contribution < -0.4 is 5.43 Å². The number of rotatable bonds is 4. The van der Waals surface area contributed by atoms with Crippen LogP contribution in [0.25, 0.3) is 11.1 Å². The van der Waals surface area contributed by atoms with Crippen molar-refractivity contribution < 1.29 is 4.42 Å². The zero-order valence-electron chi connectivity index (χ0n) is 11.2. The molecule has 0 saturated heterocycles.